The summed E-state index contributed by atoms with van der Waals surface area (Å²) in [5, 5.41) is 5.31. The van der Waals surface area contributed by atoms with Gasteiger partial charge < -0.3 is 10.6 Å². The van der Waals surface area contributed by atoms with Gasteiger partial charge in [0.25, 0.3) is 5.91 Å². The fraction of sp³-hybridized carbons (Fsp3) is 0.222. The standard InChI is InChI=1S/C18H20FN3O3/c19-16-9-7-15(8-10-16)17(23)20-11-4-12-21-18(24)22-25-13-14-5-2-1-3-6-14/h1-3,5-10H,4,11-13H2,(H,20,23)(H2,21,22,24). The van der Waals surface area contributed by atoms with Crippen LogP contribution in [-0.2, 0) is 11.4 Å². The molecule has 0 bridgehead atoms. The van der Waals surface area contributed by atoms with Gasteiger partial charge in [0, 0.05) is 18.7 Å². The second kappa shape index (κ2) is 10.0. The first-order valence-electron chi connectivity index (χ1n) is 7.88. The third kappa shape index (κ3) is 7.01. The SMILES string of the molecule is O=C(NCCCNC(=O)c1ccc(F)cc1)NOCc1ccccc1. The van der Waals surface area contributed by atoms with Gasteiger partial charge >= 0.3 is 6.03 Å². The highest BCUT2D eigenvalue weighted by Crippen LogP contribution is 2.02. The Kier molecular flexibility index (Phi) is 7.40. The Balaban J connectivity index is 1.52. The zero-order valence-corrected chi connectivity index (χ0v) is 13.6. The van der Waals surface area contributed by atoms with Gasteiger partial charge in [0.05, 0.1) is 6.61 Å². The van der Waals surface area contributed by atoms with Crippen LogP contribution in [0.15, 0.2) is 54.6 Å². The van der Waals surface area contributed by atoms with E-state index in [1.807, 2.05) is 30.3 Å². The fourth-order valence-electron chi connectivity index (χ4n) is 1.99. The van der Waals surface area contributed by atoms with E-state index in [1.165, 1.54) is 24.3 Å². The molecule has 0 saturated carbocycles. The van der Waals surface area contributed by atoms with Crippen molar-refractivity contribution in [2.75, 3.05) is 13.1 Å². The zero-order valence-electron chi connectivity index (χ0n) is 13.6. The Morgan fingerprint density at radius 1 is 0.920 bits per heavy atom. The summed E-state index contributed by atoms with van der Waals surface area (Å²) >= 11 is 0. The Labute approximate surface area is 145 Å². The summed E-state index contributed by atoms with van der Waals surface area (Å²) in [6.45, 7) is 1.05. The van der Waals surface area contributed by atoms with Crippen molar-refractivity contribution in [3.05, 3.63) is 71.5 Å². The summed E-state index contributed by atoms with van der Waals surface area (Å²) in [5.74, 6) is -0.670. The Hall–Kier alpha value is -2.93. The van der Waals surface area contributed by atoms with E-state index in [2.05, 4.69) is 16.1 Å². The molecular weight excluding hydrogens is 325 g/mol. The molecule has 7 heteroatoms. The summed E-state index contributed by atoms with van der Waals surface area (Å²) in [4.78, 5) is 28.4. The number of rotatable bonds is 8. The van der Waals surface area contributed by atoms with E-state index in [9.17, 15) is 14.0 Å². The number of hydrogen-bond acceptors (Lipinski definition) is 3. The third-order valence-corrected chi connectivity index (χ3v) is 3.28. The van der Waals surface area contributed by atoms with Crippen molar-refractivity contribution in [1.82, 2.24) is 16.1 Å². The highest BCUT2D eigenvalue weighted by Gasteiger charge is 2.05. The van der Waals surface area contributed by atoms with Gasteiger partial charge in [0.2, 0.25) is 0 Å². The summed E-state index contributed by atoms with van der Waals surface area (Å²) in [7, 11) is 0. The molecule has 25 heavy (non-hydrogen) atoms. The van der Waals surface area contributed by atoms with Gasteiger partial charge in [0.1, 0.15) is 5.82 Å². The highest BCUT2D eigenvalue weighted by atomic mass is 19.1. The molecule has 0 spiro atoms. The van der Waals surface area contributed by atoms with Crippen LogP contribution in [0.1, 0.15) is 22.3 Å². The average molecular weight is 345 g/mol. The normalized spacial score (nSPS) is 10.1. The third-order valence-electron chi connectivity index (χ3n) is 3.28. The molecule has 6 nitrogen and oxygen atoms in total. The smallest absolute Gasteiger partial charge is 0.338 e. The first-order valence-corrected chi connectivity index (χ1v) is 7.88. The van der Waals surface area contributed by atoms with Crippen LogP contribution in [0.5, 0.6) is 0 Å². The number of nitrogens with one attached hydrogen (secondary N) is 3. The molecule has 2 aromatic rings. The Morgan fingerprint density at radius 3 is 2.32 bits per heavy atom. The lowest BCUT2D eigenvalue weighted by Crippen LogP contribution is -2.37. The number of carbonyl (C=O) groups excluding carboxylic acids is 2. The van der Waals surface area contributed by atoms with E-state index < -0.39 is 6.03 Å². The van der Waals surface area contributed by atoms with Crippen molar-refractivity contribution in [3.8, 4) is 0 Å². The maximum absolute atomic E-state index is 12.8. The van der Waals surface area contributed by atoms with Gasteiger partial charge in [-0.1, -0.05) is 30.3 Å². The number of halogens is 1. The van der Waals surface area contributed by atoms with Crippen LogP contribution in [0.3, 0.4) is 0 Å². The van der Waals surface area contributed by atoms with E-state index in [-0.39, 0.29) is 18.3 Å². The minimum atomic E-state index is -0.444. The molecule has 0 aliphatic rings. The van der Waals surface area contributed by atoms with Gasteiger partial charge in [-0.05, 0) is 36.2 Å². The molecule has 0 unspecified atom stereocenters. The Morgan fingerprint density at radius 2 is 1.60 bits per heavy atom. The quantitative estimate of drug-likeness (QED) is 0.508. The molecule has 0 saturated heterocycles. The summed E-state index contributed by atoms with van der Waals surface area (Å²) in [6.07, 6.45) is 0.555. The van der Waals surface area contributed by atoms with Crippen LogP contribution in [0.25, 0.3) is 0 Å². The second-order valence-corrected chi connectivity index (χ2v) is 5.25. The molecule has 3 N–H and O–H groups in total. The van der Waals surface area contributed by atoms with Gasteiger partial charge in [0.15, 0.2) is 0 Å². The number of amides is 3. The summed E-state index contributed by atoms with van der Waals surface area (Å²) in [6, 6.07) is 14.3. The second-order valence-electron chi connectivity index (χ2n) is 5.25. The molecular formula is C18H20FN3O3. The van der Waals surface area contributed by atoms with Gasteiger partial charge in [-0.25, -0.2) is 14.7 Å². The lowest BCUT2D eigenvalue weighted by molar-refractivity contribution is 0.0491. The Bertz CT molecular complexity index is 678. The molecule has 0 aliphatic heterocycles. The van der Waals surface area contributed by atoms with E-state index >= 15 is 0 Å². The molecule has 0 fully saturated rings. The highest BCUT2D eigenvalue weighted by molar-refractivity contribution is 5.94. The lowest BCUT2D eigenvalue weighted by Gasteiger charge is -2.08. The first-order chi connectivity index (χ1) is 12.1. The monoisotopic (exact) mass is 345 g/mol. The molecule has 0 aliphatic carbocycles. The zero-order chi connectivity index (χ0) is 17.9. The predicted octanol–water partition coefficient (Wildman–Crippen LogP) is 2.38. The number of benzene rings is 2. The van der Waals surface area contributed by atoms with Crippen LogP contribution in [0, 0.1) is 5.82 Å². The van der Waals surface area contributed by atoms with Crippen molar-refractivity contribution in [2.24, 2.45) is 0 Å². The average Bonchev–Trinajstić information content (AvgIpc) is 2.63. The number of carbonyl (C=O) groups is 2. The summed E-state index contributed by atoms with van der Waals surface area (Å²) < 4.78 is 12.8. The van der Waals surface area contributed by atoms with Gasteiger partial charge in [-0.3, -0.25) is 9.63 Å². The largest absolute Gasteiger partial charge is 0.352 e. The van der Waals surface area contributed by atoms with Crippen LogP contribution < -0.4 is 16.1 Å². The molecule has 0 atom stereocenters. The minimum absolute atomic E-state index is 0.280. The van der Waals surface area contributed by atoms with Crippen molar-refractivity contribution < 1.29 is 18.8 Å². The minimum Gasteiger partial charge on any atom is -0.352 e. The molecule has 2 aromatic carbocycles. The molecule has 0 heterocycles. The number of hydrogen-bond donors (Lipinski definition) is 3. The van der Waals surface area contributed by atoms with E-state index in [1.54, 1.807) is 0 Å². The van der Waals surface area contributed by atoms with Crippen LogP contribution >= 0.6 is 0 Å². The van der Waals surface area contributed by atoms with Gasteiger partial charge in [-0.2, -0.15) is 0 Å². The molecule has 2 rings (SSSR count). The van der Waals surface area contributed by atoms with E-state index in [0.717, 1.165) is 5.56 Å². The van der Waals surface area contributed by atoms with E-state index in [4.69, 9.17) is 4.84 Å². The number of urea groups is 1. The van der Waals surface area contributed by atoms with E-state index in [0.29, 0.717) is 25.1 Å². The van der Waals surface area contributed by atoms with Crippen molar-refractivity contribution >= 4 is 11.9 Å². The summed E-state index contributed by atoms with van der Waals surface area (Å²) in [5.41, 5.74) is 3.63. The predicted molar refractivity (Wildman–Crippen MR) is 91.1 cm³/mol. The van der Waals surface area contributed by atoms with Crippen LogP contribution in [0.4, 0.5) is 9.18 Å². The topological polar surface area (TPSA) is 79.5 Å². The lowest BCUT2D eigenvalue weighted by atomic mass is 10.2. The molecule has 0 radical (unpaired) electrons. The maximum Gasteiger partial charge on any atom is 0.338 e. The molecule has 132 valence electrons. The number of hydroxylamine groups is 1. The maximum atomic E-state index is 12.8. The van der Waals surface area contributed by atoms with Crippen molar-refractivity contribution in [1.29, 1.82) is 0 Å². The fourth-order valence-corrected chi connectivity index (χ4v) is 1.99. The van der Waals surface area contributed by atoms with Crippen LogP contribution in [-0.4, -0.2) is 25.0 Å². The molecule has 0 aromatic heterocycles. The first kappa shape index (κ1) is 18.4. The van der Waals surface area contributed by atoms with Crippen molar-refractivity contribution in [3.63, 3.8) is 0 Å². The van der Waals surface area contributed by atoms with Gasteiger partial charge in [-0.15, -0.1) is 0 Å². The van der Waals surface area contributed by atoms with Crippen LogP contribution in [0.2, 0.25) is 0 Å². The van der Waals surface area contributed by atoms with Crippen molar-refractivity contribution in [2.45, 2.75) is 13.0 Å². The molecule has 3 amide bonds.